The molecule has 0 aliphatic rings. The van der Waals surface area contributed by atoms with Gasteiger partial charge >= 0.3 is 5.97 Å². The first-order valence-corrected chi connectivity index (χ1v) is 9.53. The molecular weight excluding hydrogens is 376 g/mol. The molecule has 0 aliphatic carbocycles. The first-order valence-electron chi connectivity index (χ1n) is 8.71. The van der Waals surface area contributed by atoms with Crippen molar-refractivity contribution in [2.24, 2.45) is 0 Å². The predicted octanol–water partition coefficient (Wildman–Crippen LogP) is 2.92. The van der Waals surface area contributed by atoms with Crippen molar-refractivity contribution in [3.8, 4) is 0 Å². The smallest absolute Gasteiger partial charge is 0.348 e. The Labute approximate surface area is 164 Å². The number of fused-ring (bicyclic) bond motifs is 1. The van der Waals surface area contributed by atoms with Crippen LogP contribution in [0.2, 0.25) is 0 Å². The van der Waals surface area contributed by atoms with Gasteiger partial charge in [0.1, 0.15) is 21.4 Å². The van der Waals surface area contributed by atoms with Crippen LogP contribution >= 0.6 is 11.3 Å². The number of methoxy groups -OCH3 is 1. The van der Waals surface area contributed by atoms with Crippen LogP contribution in [0.5, 0.6) is 0 Å². The lowest BCUT2D eigenvalue weighted by Gasteiger charge is -2.08. The van der Waals surface area contributed by atoms with Crippen molar-refractivity contribution in [2.45, 2.75) is 19.9 Å². The minimum Gasteiger partial charge on any atom is -0.465 e. The Morgan fingerprint density at radius 1 is 1.29 bits per heavy atom. The number of carbonyl (C=O) groups excluding carboxylic acids is 1. The summed E-state index contributed by atoms with van der Waals surface area (Å²) < 4.78 is 6.82. The summed E-state index contributed by atoms with van der Waals surface area (Å²) in [7, 11) is 1.32. The number of aromatic amines is 1. The van der Waals surface area contributed by atoms with Gasteiger partial charge in [0.25, 0.3) is 5.56 Å². The quantitative estimate of drug-likeness (QED) is 0.526. The van der Waals surface area contributed by atoms with Crippen LogP contribution in [0.4, 0.5) is 0 Å². The van der Waals surface area contributed by atoms with E-state index in [1.54, 1.807) is 13.1 Å². The van der Waals surface area contributed by atoms with Gasteiger partial charge in [-0.15, -0.1) is 11.3 Å². The van der Waals surface area contributed by atoms with Crippen LogP contribution in [-0.2, 0) is 17.7 Å². The lowest BCUT2D eigenvalue weighted by molar-refractivity contribution is 0.0605. The highest BCUT2D eigenvalue weighted by Crippen LogP contribution is 2.27. The van der Waals surface area contributed by atoms with E-state index >= 15 is 0 Å². The Balaban J connectivity index is 1.67. The number of hydrogen-bond acceptors (Lipinski definition) is 6. The van der Waals surface area contributed by atoms with Gasteiger partial charge in [0.2, 0.25) is 0 Å². The summed E-state index contributed by atoms with van der Waals surface area (Å²) in [5, 5.41) is 0.432. The Kier molecular flexibility index (Phi) is 4.79. The molecule has 4 rings (SSSR count). The number of nitrogens with one attached hydrogen (secondary N) is 1. The van der Waals surface area contributed by atoms with Crippen molar-refractivity contribution < 1.29 is 9.53 Å². The third-order valence-electron chi connectivity index (χ3n) is 4.54. The van der Waals surface area contributed by atoms with E-state index in [9.17, 15) is 9.59 Å². The molecule has 3 aromatic heterocycles. The third kappa shape index (κ3) is 3.34. The maximum Gasteiger partial charge on any atom is 0.348 e. The van der Waals surface area contributed by atoms with Crippen LogP contribution < -0.4 is 5.56 Å². The number of aromatic nitrogens is 4. The summed E-state index contributed by atoms with van der Waals surface area (Å²) in [6.45, 7) is 2.42. The number of benzene rings is 1. The zero-order valence-corrected chi connectivity index (χ0v) is 16.2. The number of esters is 1. The van der Waals surface area contributed by atoms with Crippen molar-refractivity contribution in [1.29, 1.82) is 0 Å². The maximum absolute atomic E-state index is 12.6. The number of aryl methyl sites for hydroxylation is 1. The molecule has 1 aromatic carbocycles. The van der Waals surface area contributed by atoms with Gasteiger partial charge < -0.3 is 14.3 Å². The lowest BCUT2D eigenvalue weighted by atomic mass is 10.2. The molecule has 0 spiro atoms. The molecule has 7 nitrogen and oxygen atoms in total. The maximum atomic E-state index is 12.6. The molecule has 0 saturated heterocycles. The largest absolute Gasteiger partial charge is 0.465 e. The van der Waals surface area contributed by atoms with E-state index in [1.165, 1.54) is 18.4 Å². The summed E-state index contributed by atoms with van der Waals surface area (Å²) in [5.41, 5.74) is 1.50. The number of nitrogens with zero attached hydrogens (tertiary/aromatic N) is 3. The predicted molar refractivity (Wildman–Crippen MR) is 107 cm³/mol. The van der Waals surface area contributed by atoms with Gasteiger partial charge in [-0.05, 0) is 18.1 Å². The summed E-state index contributed by atoms with van der Waals surface area (Å²) in [4.78, 5) is 37.2. The van der Waals surface area contributed by atoms with Gasteiger partial charge in [0.05, 0.1) is 18.9 Å². The van der Waals surface area contributed by atoms with Crippen molar-refractivity contribution in [3.63, 3.8) is 0 Å². The topological polar surface area (TPSA) is 89.9 Å². The highest BCUT2D eigenvalue weighted by atomic mass is 32.1. The average Bonchev–Trinajstić information content (AvgIpc) is 3.26. The monoisotopic (exact) mass is 394 g/mol. The van der Waals surface area contributed by atoms with E-state index in [0.717, 1.165) is 11.4 Å². The summed E-state index contributed by atoms with van der Waals surface area (Å²) in [5.74, 6) is 0.850. The Morgan fingerprint density at radius 2 is 2.07 bits per heavy atom. The van der Waals surface area contributed by atoms with Crippen LogP contribution in [0.15, 0.2) is 47.5 Å². The number of rotatable bonds is 5. The zero-order chi connectivity index (χ0) is 19.7. The van der Waals surface area contributed by atoms with Gasteiger partial charge in [-0.1, -0.05) is 30.3 Å². The fraction of sp³-hybridized carbons (Fsp3) is 0.200. The van der Waals surface area contributed by atoms with Crippen molar-refractivity contribution in [3.05, 3.63) is 80.7 Å². The summed E-state index contributed by atoms with van der Waals surface area (Å²) >= 11 is 1.17. The Morgan fingerprint density at radius 3 is 2.82 bits per heavy atom. The number of thiophene rings is 1. The van der Waals surface area contributed by atoms with Gasteiger partial charge in [-0.2, -0.15) is 0 Å². The SMILES string of the molecule is COC(=O)c1sc2nc(Cc3nccn3Cc3ccccc3)[nH]c(=O)c2c1C. The standard InChI is InChI=1S/C20H18N4O3S/c1-12-16-18(25)22-14(23-19(16)28-17(12)20(26)27-2)10-15-21-8-9-24(15)11-13-6-4-3-5-7-13/h3-9H,10-11H2,1-2H3,(H,22,23,25). The van der Waals surface area contributed by atoms with E-state index in [0.29, 0.717) is 39.4 Å². The molecule has 142 valence electrons. The molecule has 0 amide bonds. The summed E-state index contributed by atoms with van der Waals surface area (Å²) in [6.07, 6.45) is 4.03. The average molecular weight is 394 g/mol. The molecular formula is C20H18N4O3S. The van der Waals surface area contributed by atoms with Crippen LogP contribution in [0.25, 0.3) is 10.2 Å². The number of hydrogen-bond donors (Lipinski definition) is 1. The second kappa shape index (κ2) is 7.40. The molecule has 3 heterocycles. The fourth-order valence-corrected chi connectivity index (χ4v) is 4.26. The lowest BCUT2D eigenvalue weighted by Crippen LogP contribution is -2.14. The van der Waals surface area contributed by atoms with E-state index in [-0.39, 0.29) is 5.56 Å². The molecule has 1 N–H and O–H groups in total. The minimum atomic E-state index is -0.458. The van der Waals surface area contributed by atoms with Crippen LogP contribution in [0.1, 0.15) is 32.4 Å². The van der Waals surface area contributed by atoms with Crippen LogP contribution in [-0.4, -0.2) is 32.6 Å². The van der Waals surface area contributed by atoms with Gasteiger partial charge in [-0.3, -0.25) is 4.79 Å². The van der Waals surface area contributed by atoms with E-state index in [4.69, 9.17) is 4.74 Å². The normalized spacial score (nSPS) is 11.1. The first-order chi connectivity index (χ1) is 13.6. The first kappa shape index (κ1) is 18.1. The second-order valence-corrected chi connectivity index (χ2v) is 7.37. The van der Waals surface area contributed by atoms with E-state index < -0.39 is 5.97 Å². The van der Waals surface area contributed by atoms with Gasteiger partial charge in [0.15, 0.2) is 0 Å². The fourth-order valence-electron chi connectivity index (χ4n) is 3.14. The molecule has 0 saturated carbocycles. The second-order valence-electron chi connectivity index (χ2n) is 6.37. The molecule has 8 heteroatoms. The minimum absolute atomic E-state index is 0.259. The van der Waals surface area contributed by atoms with E-state index in [1.807, 2.05) is 29.0 Å². The van der Waals surface area contributed by atoms with Gasteiger partial charge in [-0.25, -0.2) is 14.8 Å². The van der Waals surface area contributed by atoms with Crippen molar-refractivity contribution in [1.82, 2.24) is 19.5 Å². The summed E-state index contributed by atoms with van der Waals surface area (Å²) in [6, 6.07) is 10.1. The molecule has 0 aliphatic heterocycles. The van der Waals surface area contributed by atoms with Crippen molar-refractivity contribution >= 4 is 27.5 Å². The number of carbonyl (C=O) groups is 1. The molecule has 0 radical (unpaired) electrons. The third-order valence-corrected chi connectivity index (χ3v) is 5.71. The highest BCUT2D eigenvalue weighted by Gasteiger charge is 2.20. The van der Waals surface area contributed by atoms with Crippen LogP contribution in [0.3, 0.4) is 0 Å². The molecule has 0 unspecified atom stereocenters. The highest BCUT2D eigenvalue weighted by molar-refractivity contribution is 7.20. The molecule has 4 aromatic rings. The zero-order valence-electron chi connectivity index (χ0n) is 15.4. The van der Waals surface area contributed by atoms with Crippen molar-refractivity contribution in [2.75, 3.05) is 7.11 Å². The number of imidazole rings is 1. The molecule has 0 bridgehead atoms. The Bertz CT molecular complexity index is 1210. The number of ether oxygens (including phenoxy) is 1. The number of H-pyrrole nitrogens is 1. The van der Waals surface area contributed by atoms with E-state index in [2.05, 4.69) is 27.1 Å². The molecule has 0 fully saturated rings. The van der Waals surface area contributed by atoms with Gasteiger partial charge in [0, 0.05) is 18.9 Å². The Hall–Kier alpha value is -3.26. The molecule has 0 atom stereocenters. The van der Waals surface area contributed by atoms with Crippen LogP contribution in [0, 0.1) is 6.92 Å². The molecule has 28 heavy (non-hydrogen) atoms.